The number of likely N-dealkylation sites (tertiary alicyclic amines) is 2. The number of hydrogen-bond donors (Lipinski definition) is 1. The summed E-state index contributed by atoms with van der Waals surface area (Å²) in [6, 6.07) is 19.1. The van der Waals surface area contributed by atoms with Gasteiger partial charge in [-0.15, -0.1) is 0 Å². The van der Waals surface area contributed by atoms with E-state index in [-0.39, 0.29) is 30.0 Å². The molecule has 28 heavy (non-hydrogen) atoms. The number of allylic oxidation sites excluding steroid dienone is 1. The zero-order valence-electron chi connectivity index (χ0n) is 16.6. The van der Waals surface area contributed by atoms with E-state index in [1.54, 1.807) is 6.92 Å². The van der Waals surface area contributed by atoms with Gasteiger partial charge in [0.05, 0.1) is 12.1 Å². The van der Waals surface area contributed by atoms with Gasteiger partial charge in [-0.05, 0) is 23.6 Å². The first-order valence-electron chi connectivity index (χ1n) is 9.99. The van der Waals surface area contributed by atoms with Crippen LogP contribution in [0.3, 0.4) is 0 Å². The summed E-state index contributed by atoms with van der Waals surface area (Å²) in [7, 11) is 0. The van der Waals surface area contributed by atoms with Gasteiger partial charge in [0.2, 0.25) is 5.91 Å². The van der Waals surface area contributed by atoms with Crippen molar-refractivity contribution in [3.63, 3.8) is 0 Å². The zero-order valence-corrected chi connectivity index (χ0v) is 16.6. The topological polar surface area (TPSA) is 43.8 Å². The van der Waals surface area contributed by atoms with Crippen molar-refractivity contribution in [3.05, 3.63) is 77.4 Å². The van der Waals surface area contributed by atoms with Gasteiger partial charge in [-0.25, -0.2) is 0 Å². The van der Waals surface area contributed by atoms with Gasteiger partial charge in [-0.2, -0.15) is 0 Å². The van der Waals surface area contributed by atoms with Crippen LogP contribution in [0.2, 0.25) is 0 Å². The number of hydrogen-bond acceptors (Lipinski definition) is 3. The summed E-state index contributed by atoms with van der Waals surface area (Å²) in [6.07, 6.45) is 4.13. The molecule has 0 bridgehead atoms. The molecule has 2 aromatic carbocycles. The van der Waals surface area contributed by atoms with Crippen LogP contribution in [0.15, 0.2) is 60.7 Å². The van der Waals surface area contributed by atoms with Crippen molar-refractivity contribution < 1.29 is 9.90 Å². The monoisotopic (exact) mass is 376 g/mol. The van der Waals surface area contributed by atoms with Crippen molar-refractivity contribution in [2.75, 3.05) is 19.7 Å². The summed E-state index contributed by atoms with van der Waals surface area (Å²) in [5.41, 5.74) is 3.58. The zero-order chi connectivity index (χ0) is 19.7. The summed E-state index contributed by atoms with van der Waals surface area (Å²) in [4.78, 5) is 16.2. The van der Waals surface area contributed by atoms with E-state index in [2.05, 4.69) is 59.5 Å². The molecular weight excluding hydrogens is 348 g/mol. The van der Waals surface area contributed by atoms with E-state index in [4.69, 9.17) is 0 Å². The molecule has 2 aromatic rings. The molecule has 1 spiro atoms. The molecule has 0 aromatic heterocycles. The summed E-state index contributed by atoms with van der Waals surface area (Å²) in [6.45, 7) is 6.03. The average Bonchev–Trinajstić information content (AvgIpc) is 2.66. The van der Waals surface area contributed by atoms with Crippen LogP contribution in [0.25, 0.3) is 6.08 Å². The lowest BCUT2D eigenvalue weighted by atomic mass is 9.60. The van der Waals surface area contributed by atoms with Gasteiger partial charge in [0.1, 0.15) is 0 Å². The number of carbonyl (C=O) groups is 1. The molecule has 2 heterocycles. The largest absolute Gasteiger partial charge is 0.395 e. The van der Waals surface area contributed by atoms with Crippen LogP contribution >= 0.6 is 0 Å². The molecule has 0 unspecified atom stereocenters. The van der Waals surface area contributed by atoms with Gasteiger partial charge in [0.15, 0.2) is 0 Å². The highest BCUT2D eigenvalue weighted by molar-refractivity contribution is 5.75. The fourth-order valence-corrected chi connectivity index (χ4v) is 4.98. The minimum absolute atomic E-state index is 0.0712. The first-order valence-corrected chi connectivity index (χ1v) is 9.99. The predicted molar refractivity (Wildman–Crippen MR) is 112 cm³/mol. The van der Waals surface area contributed by atoms with Crippen molar-refractivity contribution in [1.29, 1.82) is 0 Å². The molecule has 2 saturated heterocycles. The van der Waals surface area contributed by atoms with Gasteiger partial charge in [0.25, 0.3) is 0 Å². The second-order valence-electron chi connectivity index (χ2n) is 7.99. The molecule has 0 saturated carbocycles. The van der Waals surface area contributed by atoms with Gasteiger partial charge in [0, 0.05) is 38.5 Å². The molecule has 4 rings (SSSR count). The molecule has 2 atom stereocenters. The minimum Gasteiger partial charge on any atom is -0.395 e. The molecule has 0 aliphatic carbocycles. The van der Waals surface area contributed by atoms with Gasteiger partial charge in [-0.3, -0.25) is 9.69 Å². The Bertz CT molecular complexity index is 854. The lowest BCUT2D eigenvalue weighted by molar-refractivity contribution is -0.199. The fraction of sp³-hybridized carbons (Fsp3) is 0.375. The van der Waals surface area contributed by atoms with E-state index in [1.165, 1.54) is 16.7 Å². The Morgan fingerprint density at radius 2 is 1.82 bits per heavy atom. The summed E-state index contributed by atoms with van der Waals surface area (Å²) in [5.74, 6) is 0.358. The van der Waals surface area contributed by atoms with Gasteiger partial charge >= 0.3 is 0 Å². The van der Waals surface area contributed by atoms with Crippen LogP contribution in [-0.2, 0) is 11.3 Å². The number of aliphatic hydroxyl groups excluding tert-OH is 1. The van der Waals surface area contributed by atoms with Crippen molar-refractivity contribution in [2.24, 2.45) is 0 Å². The molecular formula is C24H28N2O2. The second-order valence-corrected chi connectivity index (χ2v) is 7.99. The van der Waals surface area contributed by atoms with Crippen LogP contribution in [0.1, 0.15) is 36.5 Å². The van der Waals surface area contributed by atoms with Gasteiger partial charge in [-0.1, -0.05) is 66.7 Å². The molecule has 146 valence electrons. The first-order chi connectivity index (χ1) is 13.6. The highest BCUT2D eigenvalue weighted by Gasteiger charge is 2.65. The third-order valence-electron chi connectivity index (χ3n) is 6.35. The molecule has 2 aliphatic rings. The van der Waals surface area contributed by atoms with E-state index < -0.39 is 0 Å². The van der Waals surface area contributed by atoms with Crippen LogP contribution in [0.4, 0.5) is 0 Å². The van der Waals surface area contributed by atoms with Crippen LogP contribution < -0.4 is 0 Å². The summed E-state index contributed by atoms with van der Waals surface area (Å²) in [5, 5.41) is 10.2. The number of carbonyl (C=O) groups excluding carboxylic acids is 1. The Balaban J connectivity index is 1.64. The highest BCUT2D eigenvalue weighted by Crippen LogP contribution is 2.54. The summed E-state index contributed by atoms with van der Waals surface area (Å²) < 4.78 is 0. The number of amides is 1. The number of nitrogens with zero attached hydrogens (tertiary/aromatic N) is 2. The smallest absolute Gasteiger partial charge is 0.219 e. The standard InChI is InChI=1S/C24H28N2O2/c1-3-7-19-10-12-21(13-11-19)23-22(15-27)26(14-20-8-5-4-6-9-20)24(23)16-25(17-24)18(2)28/h3-13,22-23,27H,14-17H2,1-2H3/b7-3+/t22-,23-/m0/s1. The van der Waals surface area contributed by atoms with E-state index in [9.17, 15) is 9.90 Å². The normalized spacial score (nSPS) is 23.6. The highest BCUT2D eigenvalue weighted by atomic mass is 16.3. The van der Waals surface area contributed by atoms with Crippen molar-refractivity contribution in [3.8, 4) is 0 Å². The quantitative estimate of drug-likeness (QED) is 0.871. The summed E-state index contributed by atoms with van der Waals surface area (Å²) >= 11 is 0. The molecule has 1 amide bonds. The molecule has 1 N–H and O–H groups in total. The van der Waals surface area contributed by atoms with Crippen molar-refractivity contribution >= 4 is 12.0 Å². The molecule has 4 heteroatoms. The SMILES string of the molecule is C/C=C/c1ccc([C@H]2[C@H](CO)N(Cc3ccccc3)C23CN(C(C)=O)C3)cc1. The Morgan fingerprint density at radius 1 is 1.14 bits per heavy atom. The third kappa shape index (κ3) is 3.07. The maximum Gasteiger partial charge on any atom is 0.219 e. The maximum absolute atomic E-state index is 11.9. The Morgan fingerprint density at radius 3 is 2.39 bits per heavy atom. The molecule has 4 nitrogen and oxygen atoms in total. The van der Waals surface area contributed by atoms with Crippen LogP contribution in [-0.4, -0.2) is 52.1 Å². The molecule has 0 radical (unpaired) electrons. The van der Waals surface area contributed by atoms with Crippen molar-refractivity contribution in [1.82, 2.24) is 9.80 Å². The Hall–Kier alpha value is -2.43. The maximum atomic E-state index is 11.9. The van der Waals surface area contributed by atoms with Crippen molar-refractivity contribution in [2.45, 2.75) is 37.9 Å². The lowest BCUT2D eigenvalue weighted by Crippen LogP contribution is -2.84. The second kappa shape index (κ2) is 7.53. The van der Waals surface area contributed by atoms with Gasteiger partial charge < -0.3 is 10.0 Å². The lowest BCUT2D eigenvalue weighted by Gasteiger charge is -2.70. The number of aliphatic hydroxyl groups is 1. The first kappa shape index (κ1) is 18.9. The Kier molecular flexibility index (Phi) is 5.09. The van der Waals surface area contributed by atoms with Crippen LogP contribution in [0, 0.1) is 0 Å². The minimum atomic E-state index is -0.0863. The van der Waals surface area contributed by atoms with E-state index >= 15 is 0 Å². The molecule has 2 aliphatic heterocycles. The fourth-order valence-electron chi connectivity index (χ4n) is 4.98. The van der Waals surface area contributed by atoms with E-state index in [0.717, 1.165) is 19.6 Å². The van der Waals surface area contributed by atoms with E-state index in [0.29, 0.717) is 0 Å². The van der Waals surface area contributed by atoms with E-state index in [1.807, 2.05) is 24.0 Å². The Labute approximate surface area is 167 Å². The predicted octanol–water partition coefficient (Wildman–Crippen LogP) is 3.28. The average molecular weight is 377 g/mol. The number of rotatable bonds is 5. The van der Waals surface area contributed by atoms with Crippen LogP contribution in [0.5, 0.6) is 0 Å². The number of benzene rings is 2. The third-order valence-corrected chi connectivity index (χ3v) is 6.35. The molecule has 2 fully saturated rings.